The second-order valence-electron chi connectivity index (χ2n) is 5.22. The molecule has 1 unspecified atom stereocenters. The molecule has 1 heterocycles. The molecule has 0 aromatic carbocycles. The van der Waals surface area contributed by atoms with Crippen LogP contribution in [0.2, 0.25) is 0 Å². The fourth-order valence-electron chi connectivity index (χ4n) is 1.72. The van der Waals surface area contributed by atoms with Crippen LogP contribution in [0.3, 0.4) is 0 Å². The molecule has 1 aromatic rings. The van der Waals surface area contributed by atoms with E-state index in [4.69, 9.17) is 9.47 Å². The molecule has 1 atom stereocenters. The molecule has 0 saturated heterocycles. The third kappa shape index (κ3) is 6.40. The van der Waals surface area contributed by atoms with Crippen molar-refractivity contribution in [3.8, 4) is 0 Å². The first kappa shape index (κ1) is 17.0. The first-order chi connectivity index (χ1) is 9.65. The summed E-state index contributed by atoms with van der Waals surface area (Å²) in [6.07, 6.45) is 1.08. The number of nitrogens with zero attached hydrogens (tertiary/aromatic N) is 4. The van der Waals surface area contributed by atoms with Crippen LogP contribution in [0.25, 0.3) is 0 Å². The highest BCUT2D eigenvalue weighted by atomic mass is 16.5. The Balaban J connectivity index is 2.30. The van der Waals surface area contributed by atoms with E-state index in [1.54, 1.807) is 11.8 Å². The minimum atomic E-state index is 0.0933. The maximum atomic E-state index is 5.59. The molecule has 1 aromatic heterocycles. The number of ether oxygens (including phenoxy) is 2. The van der Waals surface area contributed by atoms with Crippen LogP contribution < -0.4 is 5.32 Å². The minimum absolute atomic E-state index is 0.0933. The topological polar surface area (TPSA) is 74.1 Å². The van der Waals surface area contributed by atoms with E-state index in [9.17, 15) is 0 Å². The number of hydrogen-bond donors (Lipinski definition) is 1. The number of tetrazole rings is 1. The van der Waals surface area contributed by atoms with Gasteiger partial charge in [-0.3, -0.25) is 0 Å². The van der Waals surface area contributed by atoms with E-state index in [0.29, 0.717) is 25.7 Å². The summed E-state index contributed by atoms with van der Waals surface area (Å²) in [5.74, 6) is 1.50. The highest BCUT2D eigenvalue weighted by Gasteiger charge is 2.13. The number of aromatic nitrogens is 4. The number of nitrogens with one attached hydrogen (secondary N) is 1. The Kier molecular flexibility index (Phi) is 8.32. The number of methoxy groups -OCH3 is 1. The Labute approximate surface area is 121 Å². The van der Waals surface area contributed by atoms with Crippen LogP contribution in [-0.4, -0.2) is 53.7 Å². The third-order valence-corrected chi connectivity index (χ3v) is 2.99. The van der Waals surface area contributed by atoms with E-state index < -0.39 is 0 Å². The monoisotopic (exact) mass is 285 g/mol. The van der Waals surface area contributed by atoms with Gasteiger partial charge in [0.05, 0.1) is 25.8 Å². The summed E-state index contributed by atoms with van der Waals surface area (Å²) in [5, 5.41) is 15.1. The zero-order chi connectivity index (χ0) is 14.8. The van der Waals surface area contributed by atoms with Gasteiger partial charge in [-0.25, -0.2) is 4.68 Å². The smallest absolute Gasteiger partial charge is 0.168 e. The van der Waals surface area contributed by atoms with Crippen molar-refractivity contribution >= 4 is 0 Å². The van der Waals surface area contributed by atoms with Crippen LogP contribution in [-0.2, 0) is 16.0 Å². The molecule has 0 spiro atoms. The largest absolute Gasteiger partial charge is 0.383 e. The van der Waals surface area contributed by atoms with Gasteiger partial charge in [0.15, 0.2) is 5.82 Å². The van der Waals surface area contributed by atoms with Crippen molar-refractivity contribution in [2.45, 2.75) is 39.8 Å². The summed E-state index contributed by atoms with van der Waals surface area (Å²) in [6, 6.07) is 0.0933. The molecule has 1 rings (SSSR count). The summed E-state index contributed by atoms with van der Waals surface area (Å²) in [7, 11) is 1.69. The third-order valence-electron chi connectivity index (χ3n) is 2.99. The Morgan fingerprint density at radius 3 is 2.70 bits per heavy atom. The molecule has 116 valence electrons. The molecule has 20 heavy (non-hydrogen) atoms. The van der Waals surface area contributed by atoms with E-state index in [-0.39, 0.29) is 6.04 Å². The summed E-state index contributed by atoms with van der Waals surface area (Å²) >= 11 is 0. The van der Waals surface area contributed by atoms with Gasteiger partial charge in [0.25, 0.3) is 0 Å². The van der Waals surface area contributed by atoms with Crippen LogP contribution in [0.5, 0.6) is 0 Å². The summed E-state index contributed by atoms with van der Waals surface area (Å²) in [6.45, 7) is 9.96. The fourth-order valence-corrected chi connectivity index (χ4v) is 1.72. The van der Waals surface area contributed by atoms with Crippen LogP contribution in [0.4, 0.5) is 0 Å². The molecule has 7 heteroatoms. The first-order valence-electron chi connectivity index (χ1n) is 7.21. The van der Waals surface area contributed by atoms with Gasteiger partial charge >= 0.3 is 0 Å². The zero-order valence-corrected chi connectivity index (χ0v) is 13.0. The molecule has 0 aliphatic heterocycles. The van der Waals surface area contributed by atoms with Crippen molar-refractivity contribution in [1.29, 1.82) is 0 Å². The van der Waals surface area contributed by atoms with Crippen molar-refractivity contribution in [1.82, 2.24) is 25.5 Å². The van der Waals surface area contributed by atoms with Crippen molar-refractivity contribution < 1.29 is 9.47 Å². The van der Waals surface area contributed by atoms with Crippen LogP contribution in [0.15, 0.2) is 0 Å². The highest BCUT2D eigenvalue weighted by Crippen LogP contribution is 2.07. The molecule has 0 bridgehead atoms. The van der Waals surface area contributed by atoms with Gasteiger partial charge in [0.1, 0.15) is 0 Å². The van der Waals surface area contributed by atoms with E-state index in [1.165, 1.54) is 0 Å². The maximum Gasteiger partial charge on any atom is 0.168 e. The van der Waals surface area contributed by atoms with Gasteiger partial charge in [0, 0.05) is 20.3 Å². The lowest BCUT2D eigenvalue weighted by Gasteiger charge is -2.13. The standard InChI is InChI=1S/C13H27N5O2/c1-11(2)5-8-20-10-7-18-13(15-16-17-18)12(3)14-6-9-19-4/h11-12,14H,5-10H2,1-4H3. The van der Waals surface area contributed by atoms with Crippen LogP contribution in [0.1, 0.15) is 39.1 Å². The summed E-state index contributed by atoms with van der Waals surface area (Å²) < 4.78 is 12.4. The average molecular weight is 285 g/mol. The van der Waals surface area contributed by atoms with E-state index in [0.717, 1.165) is 25.4 Å². The van der Waals surface area contributed by atoms with Gasteiger partial charge in [-0.05, 0) is 29.7 Å². The van der Waals surface area contributed by atoms with Gasteiger partial charge < -0.3 is 14.8 Å². The molecule has 0 aliphatic rings. The van der Waals surface area contributed by atoms with Gasteiger partial charge in [-0.2, -0.15) is 0 Å². The molecule has 7 nitrogen and oxygen atoms in total. The Morgan fingerprint density at radius 1 is 1.20 bits per heavy atom. The second kappa shape index (κ2) is 9.79. The van der Waals surface area contributed by atoms with Crippen molar-refractivity contribution in [2.75, 3.05) is 33.5 Å². The molecule has 0 aliphatic carbocycles. The molecule has 0 fully saturated rings. The van der Waals surface area contributed by atoms with E-state index in [1.807, 2.05) is 6.92 Å². The molecule has 1 N–H and O–H groups in total. The van der Waals surface area contributed by atoms with Gasteiger partial charge in [-0.1, -0.05) is 13.8 Å². The Hall–Kier alpha value is -1.05. The Morgan fingerprint density at radius 2 is 2.00 bits per heavy atom. The van der Waals surface area contributed by atoms with Gasteiger partial charge in [-0.15, -0.1) is 5.10 Å². The van der Waals surface area contributed by atoms with Gasteiger partial charge in [0.2, 0.25) is 0 Å². The minimum Gasteiger partial charge on any atom is -0.383 e. The molecule has 0 saturated carbocycles. The average Bonchev–Trinajstić information content (AvgIpc) is 2.86. The van der Waals surface area contributed by atoms with Crippen LogP contribution >= 0.6 is 0 Å². The fraction of sp³-hybridized carbons (Fsp3) is 0.923. The summed E-state index contributed by atoms with van der Waals surface area (Å²) in [5.41, 5.74) is 0. The normalized spacial score (nSPS) is 13.1. The van der Waals surface area contributed by atoms with E-state index >= 15 is 0 Å². The molecule has 0 radical (unpaired) electrons. The molecular weight excluding hydrogens is 258 g/mol. The number of hydrogen-bond acceptors (Lipinski definition) is 6. The lowest BCUT2D eigenvalue weighted by atomic mass is 10.1. The Bertz CT molecular complexity index is 356. The second-order valence-corrected chi connectivity index (χ2v) is 5.22. The molecule has 0 amide bonds. The lowest BCUT2D eigenvalue weighted by Crippen LogP contribution is -2.26. The highest BCUT2D eigenvalue weighted by molar-refractivity contribution is 4.89. The maximum absolute atomic E-state index is 5.59. The first-order valence-corrected chi connectivity index (χ1v) is 7.21. The van der Waals surface area contributed by atoms with Crippen molar-refractivity contribution in [2.24, 2.45) is 5.92 Å². The zero-order valence-electron chi connectivity index (χ0n) is 13.0. The quantitative estimate of drug-likeness (QED) is 0.612. The number of rotatable bonds is 11. The SMILES string of the molecule is COCCNC(C)c1nnnn1CCOCCC(C)C. The van der Waals surface area contributed by atoms with Crippen LogP contribution in [0, 0.1) is 5.92 Å². The van der Waals surface area contributed by atoms with E-state index in [2.05, 4.69) is 34.7 Å². The van der Waals surface area contributed by atoms with Crippen molar-refractivity contribution in [3.05, 3.63) is 5.82 Å². The summed E-state index contributed by atoms with van der Waals surface area (Å²) in [4.78, 5) is 0. The predicted molar refractivity (Wildman–Crippen MR) is 76.4 cm³/mol. The van der Waals surface area contributed by atoms with Crippen molar-refractivity contribution in [3.63, 3.8) is 0 Å². The predicted octanol–water partition coefficient (Wildman–Crippen LogP) is 1.03. The molecular formula is C13H27N5O2. The lowest BCUT2D eigenvalue weighted by molar-refractivity contribution is 0.112.